The van der Waals surface area contributed by atoms with Gasteiger partial charge in [0.1, 0.15) is 0 Å². The molecule has 9 heteroatoms. The van der Waals surface area contributed by atoms with Crippen LogP contribution in [0.1, 0.15) is 11.1 Å². The van der Waals surface area contributed by atoms with Crippen LogP contribution in [0.3, 0.4) is 0 Å². The van der Waals surface area contributed by atoms with Crippen molar-refractivity contribution in [3.05, 3.63) is 34.3 Å². The molecule has 0 spiro atoms. The first-order valence-electron chi connectivity index (χ1n) is 5.18. The van der Waals surface area contributed by atoms with Crippen LogP contribution < -0.4 is 5.73 Å². The first kappa shape index (κ1) is 16.3. The van der Waals surface area contributed by atoms with Gasteiger partial charge in [0.05, 0.1) is 24.2 Å². The molecular formula is C11H10ClF3N2O3. The van der Waals surface area contributed by atoms with Crippen LogP contribution in [-0.2, 0) is 27.1 Å². The van der Waals surface area contributed by atoms with Gasteiger partial charge in [-0.2, -0.15) is 13.2 Å². The Hall–Kier alpha value is -1.80. The topological polar surface area (TPSA) is 72.6 Å². The number of carbonyl (C=O) groups excluding carboxylic acids is 2. The van der Waals surface area contributed by atoms with Crippen molar-refractivity contribution >= 4 is 23.4 Å². The molecule has 0 radical (unpaired) electrons. The van der Waals surface area contributed by atoms with E-state index in [1.165, 1.54) is 6.07 Å². The Kier molecular flexibility index (Phi) is 4.96. The van der Waals surface area contributed by atoms with Crippen molar-refractivity contribution in [3.63, 3.8) is 0 Å². The monoisotopic (exact) mass is 310 g/mol. The number of nitrogens with two attached hydrogens (primary N) is 1. The lowest BCUT2D eigenvalue weighted by atomic mass is 10.1. The smallest absolute Gasteiger partial charge is 0.361 e. The molecule has 0 aromatic heterocycles. The summed E-state index contributed by atoms with van der Waals surface area (Å²) in [5.41, 5.74) is 3.82. The van der Waals surface area contributed by atoms with E-state index in [1.54, 1.807) is 0 Å². The lowest BCUT2D eigenvalue weighted by molar-refractivity contribution is -0.181. The van der Waals surface area contributed by atoms with Gasteiger partial charge in [-0.05, 0) is 17.7 Å². The zero-order valence-electron chi connectivity index (χ0n) is 10.2. The number of primary amides is 1. The largest absolute Gasteiger partial charge is 0.417 e. The summed E-state index contributed by atoms with van der Waals surface area (Å²) in [6.07, 6.45) is -4.63. The maximum atomic E-state index is 12.7. The molecular weight excluding hydrogens is 301 g/mol. The van der Waals surface area contributed by atoms with Crippen LogP contribution >= 0.6 is 11.6 Å². The van der Waals surface area contributed by atoms with Crippen molar-refractivity contribution in [2.45, 2.75) is 12.7 Å². The predicted octanol–water partition coefficient (Wildman–Crippen LogP) is 1.73. The van der Waals surface area contributed by atoms with Crippen LogP contribution in [0.4, 0.5) is 13.2 Å². The molecule has 0 fully saturated rings. The van der Waals surface area contributed by atoms with Crippen LogP contribution in [0.5, 0.6) is 0 Å². The van der Waals surface area contributed by atoms with E-state index in [0.717, 1.165) is 19.2 Å². The Morgan fingerprint density at radius 3 is 2.45 bits per heavy atom. The number of hydroxylamine groups is 2. The third-order valence-electron chi connectivity index (χ3n) is 2.32. The minimum absolute atomic E-state index is 0.0816. The van der Waals surface area contributed by atoms with Gasteiger partial charge in [-0.3, -0.25) is 14.4 Å². The van der Waals surface area contributed by atoms with Gasteiger partial charge in [-0.15, -0.1) is 0 Å². The number of carbonyl (C=O) groups is 2. The molecule has 0 atom stereocenters. The summed E-state index contributed by atoms with van der Waals surface area (Å²) >= 11 is 5.46. The van der Waals surface area contributed by atoms with Gasteiger partial charge < -0.3 is 5.73 Å². The van der Waals surface area contributed by atoms with E-state index in [-0.39, 0.29) is 12.1 Å². The first-order chi connectivity index (χ1) is 9.16. The Labute approximate surface area is 117 Å². The van der Waals surface area contributed by atoms with Gasteiger partial charge in [-0.25, -0.2) is 5.06 Å². The summed E-state index contributed by atoms with van der Waals surface area (Å²) in [5.74, 6) is -2.45. The number of amides is 2. The summed E-state index contributed by atoms with van der Waals surface area (Å²) in [5, 5.41) is 0.0811. The molecule has 0 saturated heterocycles. The summed E-state index contributed by atoms with van der Waals surface area (Å²) in [4.78, 5) is 26.6. The molecule has 0 bridgehead atoms. The maximum Gasteiger partial charge on any atom is 0.417 e. The molecule has 0 heterocycles. The van der Waals surface area contributed by atoms with Crippen LogP contribution in [0.25, 0.3) is 0 Å². The number of benzene rings is 1. The second-order valence-electron chi connectivity index (χ2n) is 3.70. The van der Waals surface area contributed by atoms with Crippen molar-refractivity contribution in [2.75, 3.05) is 7.11 Å². The molecule has 0 saturated carbocycles. The number of hydrogen-bond acceptors (Lipinski definition) is 3. The van der Waals surface area contributed by atoms with E-state index < -0.39 is 28.6 Å². The highest BCUT2D eigenvalue weighted by atomic mass is 35.5. The molecule has 1 aromatic rings. The molecule has 5 nitrogen and oxygen atoms in total. The summed E-state index contributed by atoms with van der Waals surface area (Å²) in [6, 6.07) is 3.09. The number of halogens is 4. The fourth-order valence-electron chi connectivity index (χ4n) is 1.40. The lowest BCUT2D eigenvalue weighted by Crippen LogP contribution is -2.39. The number of alkyl halides is 3. The summed E-state index contributed by atoms with van der Waals surface area (Å²) in [7, 11) is 1.08. The maximum absolute atomic E-state index is 12.7. The van der Waals surface area contributed by atoms with Crippen molar-refractivity contribution in [1.82, 2.24) is 5.06 Å². The number of rotatable bonds is 3. The van der Waals surface area contributed by atoms with Gasteiger partial charge in [0.2, 0.25) is 0 Å². The van der Waals surface area contributed by atoms with E-state index in [9.17, 15) is 22.8 Å². The molecule has 1 rings (SSSR count). The molecule has 1 aromatic carbocycles. The quantitative estimate of drug-likeness (QED) is 0.682. The standard InChI is InChI=1S/C11H10ClF3N2O3/c1-20-17(10(19)9(16)18)5-6-2-3-8(12)7(4-6)11(13,14)15/h2-4H,5H2,1H3,(H2,16,18). The third kappa shape index (κ3) is 3.84. The normalized spacial score (nSPS) is 11.2. The molecule has 2 N–H and O–H groups in total. The Morgan fingerprint density at radius 1 is 1.40 bits per heavy atom. The first-order valence-corrected chi connectivity index (χ1v) is 5.55. The zero-order valence-corrected chi connectivity index (χ0v) is 11.0. The van der Waals surface area contributed by atoms with Gasteiger partial charge >= 0.3 is 18.0 Å². The van der Waals surface area contributed by atoms with E-state index in [0.29, 0.717) is 5.06 Å². The van der Waals surface area contributed by atoms with E-state index in [4.69, 9.17) is 17.3 Å². The van der Waals surface area contributed by atoms with Gasteiger partial charge in [0, 0.05) is 0 Å². The highest BCUT2D eigenvalue weighted by molar-refractivity contribution is 6.34. The zero-order chi connectivity index (χ0) is 15.5. The van der Waals surface area contributed by atoms with Crippen molar-refractivity contribution in [3.8, 4) is 0 Å². The summed E-state index contributed by atoms with van der Waals surface area (Å²) < 4.78 is 38.0. The molecule has 0 unspecified atom stereocenters. The molecule has 0 aliphatic heterocycles. The third-order valence-corrected chi connectivity index (χ3v) is 2.65. The van der Waals surface area contributed by atoms with E-state index >= 15 is 0 Å². The molecule has 0 aliphatic rings. The summed E-state index contributed by atoms with van der Waals surface area (Å²) in [6.45, 7) is -0.376. The van der Waals surface area contributed by atoms with Crippen LogP contribution in [0, 0.1) is 0 Å². The minimum atomic E-state index is -4.63. The minimum Gasteiger partial charge on any atom is -0.361 e. The Morgan fingerprint density at radius 2 is 2.00 bits per heavy atom. The van der Waals surface area contributed by atoms with Crippen LogP contribution in [0.15, 0.2) is 18.2 Å². The van der Waals surface area contributed by atoms with Crippen LogP contribution in [-0.4, -0.2) is 24.0 Å². The van der Waals surface area contributed by atoms with Crippen LogP contribution in [0.2, 0.25) is 5.02 Å². The molecule has 110 valence electrons. The predicted molar refractivity (Wildman–Crippen MR) is 63.2 cm³/mol. The second kappa shape index (κ2) is 6.10. The van der Waals surface area contributed by atoms with Gasteiger partial charge in [0.15, 0.2) is 0 Å². The number of hydrogen-bond donors (Lipinski definition) is 1. The van der Waals surface area contributed by atoms with Crippen molar-refractivity contribution < 1.29 is 27.6 Å². The highest BCUT2D eigenvalue weighted by Crippen LogP contribution is 2.35. The second-order valence-corrected chi connectivity index (χ2v) is 4.11. The molecule has 0 aliphatic carbocycles. The molecule has 20 heavy (non-hydrogen) atoms. The van der Waals surface area contributed by atoms with Gasteiger partial charge in [-0.1, -0.05) is 17.7 Å². The fraction of sp³-hybridized carbons (Fsp3) is 0.273. The van der Waals surface area contributed by atoms with Crippen molar-refractivity contribution in [1.29, 1.82) is 0 Å². The van der Waals surface area contributed by atoms with E-state index in [2.05, 4.69) is 4.84 Å². The van der Waals surface area contributed by atoms with Gasteiger partial charge in [0.25, 0.3) is 0 Å². The highest BCUT2D eigenvalue weighted by Gasteiger charge is 2.33. The average Bonchev–Trinajstić information content (AvgIpc) is 2.35. The SMILES string of the molecule is CON(Cc1ccc(Cl)c(C(F)(F)F)c1)C(=O)C(N)=O. The average molecular weight is 311 g/mol. The van der Waals surface area contributed by atoms with Crippen molar-refractivity contribution in [2.24, 2.45) is 5.73 Å². The Balaban J connectivity index is 3.04. The number of nitrogens with zero attached hydrogens (tertiary/aromatic N) is 1. The Bertz CT molecular complexity index is 534. The fourth-order valence-corrected chi connectivity index (χ4v) is 1.62. The lowest BCUT2D eigenvalue weighted by Gasteiger charge is -2.19. The molecule has 2 amide bonds. The van der Waals surface area contributed by atoms with E-state index in [1.807, 2.05) is 0 Å².